The van der Waals surface area contributed by atoms with E-state index in [-0.39, 0.29) is 17.9 Å². The number of nitrogens with zero attached hydrogens (tertiary/aromatic N) is 1. The minimum Gasteiger partial charge on any atom is -0.385 e. The van der Waals surface area contributed by atoms with E-state index in [4.69, 9.17) is 4.74 Å². The van der Waals surface area contributed by atoms with Gasteiger partial charge in [0.2, 0.25) is 5.91 Å². The fourth-order valence-electron chi connectivity index (χ4n) is 3.47. The molecule has 1 amide bonds. The van der Waals surface area contributed by atoms with E-state index < -0.39 is 0 Å². The number of aliphatic imine (C=N–C) groups is 1. The first-order chi connectivity index (χ1) is 12.7. The maximum absolute atomic E-state index is 12.0. The van der Waals surface area contributed by atoms with E-state index in [1.54, 1.807) is 14.2 Å². The smallest absolute Gasteiger partial charge is 0.239 e. The highest BCUT2D eigenvalue weighted by Gasteiger charge is 2.33. The number of nitrogens with one attached hydrogen (secondary N) is 3. The first kappa shape index (κ1) is 20.2. The number of methoxy groups -OCH3 is 1. The number of ether oxygens (including phenoxy) is 1. The zero-order valence-electron chi connectivity index (χ0n) is 16.0. The molecule has 0 heterocycles. The fraction of sp³-hybridized carbons (Fsp3) is 0.600. The molecule has 1 saturated carbocycles. The number of amides is 1. The Hall–Kier alpha value is -2.08. The SMILES string of the molecule is CN=C(NCC(=O)NCc1ccccc1)NCC1(CCOC)CCCC1. The number of guanidine groups is 1. The minimum absolute atomic E-state index is 0.0493. The predicted molar refractivity (Wildman–Crippen MR) is 105 cm³/mol. The molecule has 6 heteroatoms. The number of carbonyl (C=O) groups excluding carboxylic acids is 1. The van der Waals surface area contributed by atoms with Crippen molar-refractivity contribution in [2.75, 3.05) is 33.9 Å². The Bertz CT molecular complexity index is 568. The Morgan fingerprint density at radius 2 is 1.88 bits per heavy atom. The van der Waals surface area contributed by atoms with Crippen LogP contribution in [0.2, 0.25) is 0 Å². The van der Waals surface area contributed by atoms with Crippen LogP contribution in [0.3, 0.4) is 0 Å². The Balaban J connectivity index is 1.72. The topological polar surface area (TPSA) is 74.8 Å². The largest absolute Gasteiger partial charge is 0.385 e. The highest BCUT2D eigenvalue weighted by atomic mass is 16.5. The molecule has 0 radical (unpaired) electrons. The third kappa shape index (κ3) is 6.67. The van der Waals surface area contributed by atoms with Gasteiger partial charge >= 0.3 is 0 Å². The van der Waals surface area contributed by atoms with Gasteiger partial charge in [-0.15, -0.1) is 0 Å². The predicted octanol–water partition coefficient (Wildman–Crippen LogP) is 2.06. The molecule has 1 aliphatic carbocycles. The lowest BCUT2D eigenvalue weighted by molar-refractivity contribution is -0.120. The molecule has 3 N–H and O–H groups in total. The maximum atomic E-state index is 12.0. The van der Waals surface area contributed by atoms with Gasteiger partial charge in [-0.2, -0.15) is 0 Å². The number of carbonyl (C=O) groups is 1. The summed E-state index contributed by atoms with van der Waals surface area (Å²) in [6.07, 6.45) is 6.06. The standard InChI is InChI=1S/C20H32N4O2/c1-21-19(24-16-20(12-13-26-2)10-6-7-11-20)23-15-18(25)22-14-17-8-4-3-5-9-17/h3-5,8-9H,6-7,10-16H2,1-2H3,(H,22,25)(H2,21,23,24). The summed E-state index contributed by atoms with van der Waals surface area (Å²) in [4.78, 5) is 16.3. The van der Waals surface area contributed by atoms with Crippen LogP contribution in [0, 0.1) is 5.41 Å². The zero-order chi connectivity index (χ0) is 18.7. The summed E-state index contributed by atoms with van der Waals surface area (Å²) in [5.41, 5.74) is 1.37. The number of hydrogen-bond acceptors (Lipinski definition) is 3. The van der Waals surface area contributed by atoms with Crippen molar-refractivity contribution in [1.29, 1.82) is 0 Å². The van der Waals surface area contributed by atoms with Crippen molar-refractivity contribution in [3.05, 3.63) is 35.9 Å². The molecule has 1 fully saturated rings. The first-order valence-corrected chi connectivity index (χ1v) is 9.41. The van der Waals surface area contributed by atoms with Gasteiger partial charge in [0.1, 0.15) is 0 Å². The molecular weight excluding hydrogens is 328 g/mol. The monoisotopic (exact) mass is 360 g/mol. The summed E-state index contributed by atoms with van der Waals surface area (Å²) in [6, 6.07) is 9.89. The maximum Gasteiger partial charge on any atom is 0.239 e. The van der Waals surface area contributed by atoms with Crippen LogP contribution in [0.15, 0.2) is 35.3 Å². The third-order valence-electron chi connectivity index (χ3n) is 5.10. The lowest BCUT2D eigenvalue weighted by atomic mass is 9.83. The van der Waals surface area contributed by atoms with Crippen LogP contribution in [0.5, 0.6) is 0 Å². The molecule has 6 nitrogen and oxygen atoms in total. The second kappa shape index (κ2) is 10.8. The molecule has 26 heavy (non-hydrogen) atoms. The molecule has 2 rings (SSSR count). The highest BCUT2D eigenvalue weighted by molar-refractivity contribution is 5.86. The second-order valence-electron chi connectivity index (χ2n) is 6.99. The van der Waals surface area contributed by atoms with Crippen LogP contribution >= 0.6 is 0 Å². The van der Waals surface area contributed by atoms with Gasteiger partial charge in [0.15, 0.2) is 5.96 Å². The lowest BCUT2D eigenvalue weighted by Gasteiger charge is -2.29. The average molecular weight is 361 g/mol. The fourth-order valence-corrected chi connectivity index (χ4v) is 3.47. The molecule has 1 aromatic rings. The molecular formula is C20H32N4O2. The highest BCUT2D eigenvalue weighted by Crippen LogP contribution is 2.40. The lowest BCUT2D eigenvalue weighted by Crippen LogP contribution is -2.46. The van der Waals surface area contributed by atoms with E-state index in [2.05, 4.69) is 20.9 Å². The molecule has 0 aliphatic heterocycles. The van der Waals surface area contributed by atoms with E-state index in [1.807, 2.05) is 30.3 Å². The number of hydrogen-bond donors (Lipinski definition) is 3. The molecule has 0 atom stereocenters. The van der Waals surface area contributed by atoms with E-state index in [0.717, 1.165) is 25.1 Å². The molecule has 1 aromatic carbocycles. The normalized spacial score (nSPS) is 16.3. The molecule has 0 bridgehead atoms. The van der Waals surface area contributed by atoms with Crippen molar-refractivity contribution in [2.45, 2.75) is 38.6 Å². The van der Waals surface area contributed by atoms with Crippen LogP contribution in [0.25, 0.3) is 0 Å². The zero-order valence-corrected chi connectivity index (χ0v) is 16.0. The van der Waals surface area contributed by atoms with E-state index in [1.165, 1.54) is 25.7 Å². The van der Waals surface area contributed by atoms with Crippen molar-refractivity contribution in [2.24, 2.45) is 10.4 Å². The van der Waals surface area contributed by atoms with Crippen LogP contribution < -0.4 is 16.0 Å². The summed E-state index contributed by atoms with van der Waals surface area (Å²) in [7, 11) is 3.48. The van der Waals surface area contributed by atoms with Crippen LogP contribution in [-0.4, -0.2) is 45.7 Å². The molecule has 0 aromatic heterocycles. The molecule has 0 saturated heterocycles. The first-order valence-electron chi connectivity index (χ1n) is 9.41. The molecule has 1 aliphatic rings. The van der Waals surface area contributed by atoms with Gasteiger partial charge in [-0.05, 0) is 30.2 Å². The summed E-state index contributed by atoms with van der Waals surface area (Å²) in [6.45, 7) is 2.39. The quantitative estimate of drug-likeness (QED) is 0.465. The minimum atomic E-state index is -0.0493. The molecule has 0 unspecified atom stereocenters. The Labute approximate surface area is 156 Å². The summed E-state index contributed by atoms with van der Waals surface area (Å²) >= 11 is 0. The van der Waals surface area contributed by atoms with Gasteiger partial charge in [-0.3, -0.25) is 9.79 Å². The summed E-state index contributed by atoms with van der Waals surface area (Å²) in [5, 5.41) is 9.40. The molecule has 144 valence electrons. The average Bonchev–Trinajstić information content (AvgIpc) is 3.15. The number of benzene rings is 1. The van der Waals surface area contributed by atoms with Crippen molar-refractivity contribution < 1.29 is 9.53 Å². The molecule has 0 spiro atoms. The second-order valence-corrected chi connectivity index (χ2v) is 6.99. The van der Waals surface area contributed by atoms with Crippen LogP contribution in [0.1, 0.15) is 37.7 Å². The van der Waals surface area contributed by atoms with Gasteiger partial charge in [0.25, 0.3) is 0 Å². The summed E-state index contributed by atoms with van der Waals surface area (Å²) < 4.78 is 5.28. The Morgan fingerprint density at radius 1 is 1.15 bits per heavy atom. The van der Waals surface area contributed by atoms with E-state index >= 15 is 0 Å². The van der Waals surface area contributed by atoms with Gasteiger partial charge < -0.3 is 20.7 Å². The van der Waals surface area contributed by atoms with Gasteiger partial charge in [-0.25, -0.2) is 0 Å². The van der Waals surface area contributed by atoms with Crippen LogP contribution in [-0.2, 0) is 16.1 Å². The van der Waals surface area contributed by atoms with Gasteiger partial charge in [0.05, 0.1) is 6.54 Å². The Morgan fingerprint density at radius 3 is 2.54 bits per heavy atom. The van der Waals surface area contributed by atoms with Crippen molar-refractivity contribution in [1.82, 2.24) is 16.0 Å². The van der Waals surface area contributed by atoms with Gasteiger partial charge in [0, 0.05) is 33.9 Å². The number of rotatable bonds is 9. The Kier molecular flexibility index (Phi) is 8.41. The third-order valence-corrected chi connectivity index (χ3v) is 5.10. The van der Waals surface area contributed by atoms with Crippen molar-refractivity contribution in [3.8, 4) is 0 Å². The van der Waals surface area contributed by atoms with Crippen molar-refractivity contribution >= 4 is 11.9 Å². The van der Waals surface area contributed by atoms with Crippen molar-refractivity contribution in [3.63, 3.8) is 0 Å². The van der Waals surface area contributed by atoms with Crippen LogP contribution in [0.4, 0.5) is 0 Å². The van der Waals surface area contributed by atoms with E-state index in [0.29, 0.717) is 12.5 Å². The van der Waals surface area contributed by atoms with E-state index in [9.17, 15) is 4.79 Å². The summed E-state index contributed by atoms with van der Waals surface area (Å²) in [5.74, 6) is 0.621. The van der Waals surface area contributed by atoms with Gasteiger partial charge in [-0.1, -0.05) is 43.2 Å².